The van der Waals surface area contributed by atoms with E-state index in [0.29, 0.717) is 5.02 Å². The Labute approximate surface area is 188 Å². The van der Waals surface area contributed by atoms with Gasteiger partial charge in [0.05, 0.1) is 17.1 Å². The van der Waals surface area contributed by atoms with Crippen molar-refractivity contribution in [1.82, 2.24) is 0 Å². The van der Waals surface area contributed by atoms with E-state index in [0.717, 1.165) is 22.0 Å². The first-order valence-corrected chi connectivity index (χ1v) is 11.3. The average Bonchev–Trinajstić information content (AvgIpc) is 2.75. The minimum atomic E-state index is -4.06. The molecule has 32 heavy (non-hydrogen) atoms. The highest BCUT2D eigenvalue weighted by molar-refractivity contribution is 7.92. The number of hydrogen-bond donors (Lipinski definition) is 1. The monoisotopic (exact) mass is 478 g/mol. The fraction of sp³-hybridized carbons (Fsp3) is 0.136. The van der Waals surface area contributed by atoms with Gasteiger partial charge in [0.2, 0.25) is 0 Å². The summed E-state index contributed by atoms with van der Waals surface area (Å²) in [6.07, 6.45) is -1.25. The van der Waals surface area contributed by atoms with E-state index in [2.05, 4.69) is 5.32 Å². The number of sulfonamides is 1. The predicted octanol–water partition coefficient (Wildman–Crippen LogP) is 4.52. The van der Waals surface area contributed by atoms with E-state index >= 15 is 0 Å². The molecule has 0 bridgehead atoms. The maximum absolute atomic E-state index is 13.5. The Hall–Kier alpha value is -3.17. The van der Waals surface area contributed by atoms with Crippen LogP contribution in [0.4, 0.5) is 20.2 Å². The van der Waals surface area contributed by atoms with Gasteiger partial charge < -0.3 is 10.1 Å². The Morgan fingerprint density at radius 2 is 1.78 bits per heavy atom. The molecule has 6 nitrogen and oxygen atoms in total. The second kappa shape index (κ2) is 8.40. The van der Waals surface area contributed by atoms with Crippen molar-refractivity contribution in [2.75, 3.05) is 16.2 Å². The third-order valence-electron chi connectivity index (χ3n) is 4.88. The number of ether oxygens (including phenoxy) is 1. The van der Waals surface area contributed by atoms with Crippen molar-refractivity contribution in [3.63, 3.8) is 0 Å². The van der Waals surface area contributed by atoms with E-state index in [1.807, 2.05) is 6.92 Å². The number of rotatable bonds is 4. The van der Waals surface area contributed by atoms with Crippen LogP contribution in [0.1, 0.15) is 5.56 Å². The van der Waals surface area contributed by atoms with Crippen molar-refractivity contribution in [3.8, 4) is 5.75 Å². The quantitative estimate of drug-likeness (QED) is 0.598. The summed E-state index contributed by atoms with van der Waals surface area (Å²) < 4.78 is 60.2. The summed E-state index contributed by atoms with van der Waals surface area (Å²) in [5.74, 6) is -2.77. The van der Waals surface area contributed by atoms with Crippen LogP contribution in [-0.4, -0.2) is 27.0 Å². The Morgan fingerprint density at radius 3 is 2.47 bits per heavy atom. The lowest BCUT2D eigenvalue weighted by atomic mass is 10.2. The number of amides is 1. The standard InChI is InChI=1S/C22H17ClF2N2O4S/c1-13-2-6-16(7-3-13)32(29,30)27-12-21(31-20-9-4-14(23)10-19(20)27)22(28)26-15-5-8-17(24)18(25)11-15/h2-11,21H,12H2,1H3,(H,26,28). The summed E-state index contributed by atoms with van der Waals surface area (Å²) >= 11 is 6.07. The van der Waals surface area contributed by atoms with Crippen molar-refractivity contribution in [1.29, 1.82) is 0 Å². The van der Waals surface area contributed by atoms with Crippen LogP contribution in [0.3, 0.4) is 0 Å². The number of carbonyl (C=O) groups is 1. The Bertz CT molecular complexity index is 1300. The van der Waals surface area contributed by atoms with E-state index in [1.54, 1.807) is 12.1 Å². The topological polar surface area (TPSA) is 75.7 Å². The zero-order valence-electron chi connectivity index (χ0n) is 16.7. The van der Waals surface area contributed by atoms with Crippen LogP contribution in [0.5, 0.6) is 5.75 Å². The summed E-state index contributed by atoms with van der Waals surface area (Å²) in [6.45, 7) is 1.48. The minimum absolute atomic E-state index is 0.00680. The fourth-order valence-electron chi connectivity index (χ4n) is 3.22. The number of nitrogens with one attached hydrogen (secondary N) is 1. The second-order valence-corrected chi connectivity index (χ2v) is 9.48. The van der Waals surface area contributed by atoms with E-state index in [-0.39, 0.29) is 28.6 Å². The lowest BCUT2D eigenvalue weighted by Gasteiger charge is -2.34. The molecule has 1 atom stereocenters. The molecule has 0 radical (unpaired) electrons. The van der Waals surface area contributed by atoms with Gasteiger partial charge in [0.1, 0.15) is 5.75 Å². The number of fused-ring (bicyclic) bond motifs is 1. The van der Waals surface area contributed by atoms with E-state index < -0.39 is 33.7 Å². The van der Waals surface area contributed by atoms with Gasteiger partial charge in [0, 0.05) is 16.8 Å². The lowest BCUT2D eigenvalue weighted by Crippen LogP contribution is -2.48. The van der Waals surface area contributed by atoms with Crippen molar-refractivity contribution in [3.05, 3.63) is 82.9 Å². The van der Waals surface area contributed by atoms with Crippen LogP contribution < -0.4 is 14.4 Å². The van der Waals surface area contributed by atoms with Crippen molar-refractivity contribution in [2.24, 2.45) is 0 Å². The van der Waals surface area contributed by atoms with Gasteiger partial charge in [-0.1, -0.05) is 29.3 Å². The number of benzene rings is 3. The molecule has 1 aliphatic heterocycles. The SMILES string of the molecule is Cc1ccc(S(=O)(=O)N2CC(C(=O)Nc3ccc(F)c(F)c3)Oc3ccc(Cl)cc32)cc1. The summed E-state index contributed by atoms with van der Waals surface area (Å²) in [5.41, 5.74) is 1.08. The highest BCUT2D eigenvalue weighted by Gasteiger charge is 2.37. The van der Waals surface area contributed by atoms with E-state index in [1.165, 1.54) is 36.4 Å². The van der Waals surface area contributed by atoms with Crippen molar-refractivity contribution in [2.45, 2.75) is 17.9 Å². The molecule has 0 spiro atoms. The number of nitrogens with zero attached hydrogens (tertiary/aromatic N) is 1. The van der Waals surface area contributed by atoms with Gasteiger partial charge in [-0.2, -0.15) is 0 Å². The van der Waals surface area contributed by atoms with Gasteiger partial charge in [0.15, 0.2) is 17.7 Å². The molecule has 0 fully saturated rings. The highest BCUT2D eigenvalue weighted by Crippen LogP contribution is 2.39. The number of hydrogen-bond acceptors (Lipinski definition) is 4. The van der Waals surface area contributed by atoms with Crippen LogP contribution in [-0.2, 0) is 14.8 Å². The van der Waals surface area contributed by atoms with Gasteiger partial charge in [-0.3, -0.25) is 9.10 Å². The third-order valence-corrected chi connectivity index (χ3v) is 6.91. The van der Waals surface area contributed by atoms with Crippen LogP contribution in [0.2, 0.25) is 5.02 Å². The molecular weight excluding hydrogens is 462 g/mol. The average molecular weight is 479 g/mol. The van der Waals surface area contributed by atoms with Gasteiger partial charge in [0.25, 0.3) is 15.9 Å². The maximum atomic E-state index is 13.5. The number of anilines is 2. The maximum Gasteiger partial charge on any atom is 0.267 e. The first kappa shape index (κ1) is 22.0. The van der Waals surface area contributed by atoms with Crippen molar-refractivity contribution >= 4 is 38.9 Å². The zero-order chi connectivity index (χ0) is 23.0. The molecule has 4 rings (SSSR count). The van der Waals surface area contributed by atoms with Crippen LogP contribution >= 0.6 is 11.6 Å². The molecule has 0 saturated carbocycles. The summed E-state index contributed by atoms with van der Waals surface area (Å²) in [6, 6.07) is 13.6. The molecule has 1 N–H and O–H groups in total. The molecule has 1 heterocycles. The molecule has 1 amide bonds. The van der Waals surface area contributed by atoms with Gasteiger partial charge in [-0.25, -0.2) is 17.2 Å². The number of halogens is 3. The molecule has 1 unspecified atom stereocenters. The second-order valence-electron chi connectivity index (χ2n) is 7.19. The Morgan fingerprint density at radius 1 is 1.06 bits per heavy atom. The Balaban J connectivity index is 1.69. The predicted molar refractivity (Wildman–Crippen MR) is 117 cm³/mol. The van der Waals surface area contributed by atoms with E-state index in [4.69, 9.17) is 16.3 Å². The smallest absolute Gasteiger partial charge is 0.267 e. The van der Waals surface area contributed by atoms with Gasteiger partial charge in [-0.05, 0) is 49.4 Å². The Kier molecular flexibility index (Phi) is 5.79. The molecule has 10 heteroatoms. The third kappa shape index (κ3) is 4.26. The van der Waals surface area contributed by atoms with Crippen LogP contribution in [0.15, 0.2) is 65.6 Å². The van der Waals surface area contributed by atoms with Gasteiger partial charge in [-0.15, -0.1) is 0 Å². The molecule has 3 aromatic rings. The highest BCUT2D eigenvalue weighted by atomic mass is 35.5. The first-order valence-electron chi connectivity index (χ1n) is 9.47. The van der Waals surface area contributed by atoms with Crippen LogP contribution in [0, 0.1) is 18.6 Å². The van der Waals surface area contributed by atoms with Gasteiger partial charge >= 0.3 is 0 Å². The summed E-state index contributed by atoms with van der Waals surface area (Å²) in [7, 11) is -4.06. The molecule has 1 aliphatic rings. The molecule has 3 aromatic carbocycles. The summed E-state index contributed by atoms with van der Waals surface area (Å²) in [4.78, 5) is 12.8. The molecule has 166 valence electrons. The van der Waals surface area contributed by atoms with E-state index in [9.17, 15) is 22.0 Å². The molecule has 0 aromatic heterocycles. The lowest BCUT2D eigenvalue weighted by molar-refractivity contribution is -0.122. The molecule has 0 saturated heterocycles. The summed E-state index contributed by atoms with van der Waals surface area (Å²) in [5, 5.41) is 2.72. The zero-order valence-corrected chi connectivity index (χ0v) is 18.3. The molecule has 0 aliphatic carbocycles. The number of aryl methyl sites for hydroxylation is 1. The first-order chi connectivity index (χ1) is 15.1. The molecular formula is C22H17ClF2N2O4S. The fourth-order valence-corrected chi connectivity index (χ4v) is 4.86. The largest absolute Gasteiger partial charge is 0.476 e. The number of carbonyl (C=O) groups excluding carboxylic acids is 1. The van der Waals surface area contributed by atoms with Crippen LogP contribution in [0.25, 0.3) is 0 Å². The van der Waals surface area contributed by atoms with Crippen molar-refractivity contribution < 1.29 is 26.7 Å². The normalized spacial score (nSPS) is 15.6. The minimum Gasteiger partial charge on any atom is -0.476 e.